The summed E-state index contributed by atoms with van der Waals surface area (Å²) in [6.45, 7) is 1.46. The molecule has 9 heteroatoms. The lowest BCUT2D eigenvalue weighted by Gasteiger charge is -2.37. The first-order chi connectivity index (χ1) is 20.2. The second-order valence-electron chi connectivity index (χ2n) is 10.4. The van der Waals surface area contributed by atoms with E-state index < -0.39 is 17.8 Å². The summed E-state index contributed by atoms with van der Waals surface area (Å²) in [4.78, 5) is 39.9. The van der Waals surface area contributed by atoms with Crippen molar-refractivity contribution in [2.45, 2.75) is 38.2 Å². The topological polar surface area (TPSA) is 105 Å². The van der Waals surface area contributed by atoms with Gasteiger partial charge in [-0.15, -0.1) is 0 Å². The number of amides is 1. The molecule has 8 nitrogen and oxygen atoms in total. The van der Waals surface area contributed by atoms with Gasteiger partial charge in [-0.1, -0.05) is 53.0 Å². The molecule has 3 aromatic rings. The zero-order valence-electron chi connectivity index (χ0n) is 23.5. The van der Waals surface area contributed by atoms with Crippen LogP contribution in [0.1, 0.15) is 58.6 Å². The van der Waals surface area contributed by atoms with Gasteiger partial charge in [0.2, 0.25) is 0 Å². The lowest BCUT2D eigenvalue weighted by molar-refractivity contribution is -0.140. The number of benzene rings is 3. The third kappa shape index (κ3) is 5.50. The van der Waals surface area contributed by atoms with E-state index in [9.17, 15) is 24.0 Å². The molecule has 1 aliphatic heterocycles. The van der Waals surface area contributed by atoms with E-state index in [4.69, 9.17) is 9.47 Å². The van der Waals surface area contributed by atoms with Gasteiger partial charge in [-0.25, -0.2) is 4.79 Å². The average Bonchev–Trinajstić information content (AvgIpc) is 2.98. The molecule has 0 fully saturated rings. The third-order valence-corrected chi connectivity index (χ3v) is 7.72. The number of halogens is 1. The molecule has 2 aliphatic rings. The number of esters is 1. The fraction of sp³-hybridized carbons (Fsp3) is 0.242. The summed E-state index contributed by atoms with van der Waals surface area (Å²) in [5.41, 5.74) is 3.77. The molecule has 2 N–H and O–H groups in total. The van der Waals surface area contributed by atoms with Crippen molar-refractivity contribution in [1.29, 1.82) is 0 Å². The molecule has 0 saturated heterocycles. The lowest BCUT2D eigenvalue weighted by atomic mass is 9.71. The normalized spacial score (nSPS) is 18.2. The number of allylic oxidation sites excluding steroid dienone is 3. The minimum absolute atomic E-state index is 0.00325. The zero-order valence-corrected chi connectivity index (χ0v) is 23.5. The van der Waals surface area contributed by atoms with Gasteiger partial charge in [-0.2, -0.15) is 5.12 Å². The number of para-hydroxylation sites is 1. The number of ether oxygens (including phenoxy) is 2. The first-order valence-corrected chi connectivity index (χ1v) is 13.5. The van der Waals surface area contributed by atoms with Gasteiger partial charge in [0.25, 0.3) is 5.91 Å². The van der Waals surface area contributed by atoms with Crippen LogP contribution in [0.15, 0.2) is 95.3 Å². The number of carbonyl (C=O) groups excluding carboxylic acids is 3. The van der Waals surface area contributed by atoms with Gasteiger partial charge in [0.1, 0.15) is 18.1 Å². The number of aromatic hydroxyl groups is 1. The monoisotopic (exact) mass is 570 g/mol. The lowest BCUT2D eigenvalue weighted by Crippen LogP contribution is -2.36. The van der Waals surface area contributed by atoms with Gasteiger partial charge in [-0.3, -0.25) is 9.59 Å². The maximum atomic E-state index is 13.9. The van der Waals surface area contributed by atoms with Crippen molar-refractivity contribution in [3.05, 3.63) is 118 Å². The Balaban J connectivity index is 1.50. The Hall–Kier alpha value is -4.92. The fourth-order valence-electron chi connectivity index (χ4n) is 5.81. The van der Waals surface area contributed by atoms with Gasteiger partial charge >= 0.3 is 5.97 Å². The highest BCUT2D eigenvalue weighted by Crippen LogP contribution is 2.47. The molecule has 0 aromatic heterocycles. The molecule has 1 heterocycles. The number of Topliss-reactive ketones (excluding diaryl/α,β-unsaturated/α-hetero) is 1. The number of carbonyl (C=O) groups is 3. The number of rotatable bonds is 7. The number of nitrogens with zero attached hydrogens (tertiary/aromatic N) is 1. The molecule has 3 aromatic carbocycles. The largest absolute Gasteiger partial charge is 0.508 e. The first-order valence-electron chi connectivity index (χ1n) is 13.5. The second-order valence-corrected chi connectivity index (χ2v) is 10.4. The van der Waals surface area contributed by atoms with Crippen molar-refractivity contribution in [3.63, 3.8) is 0 Å². The van der Waals surface area contributed by atoms with Crippen molar-refractivity contribution in [2.75, 3.05) is 14.2 Å². The highest BCUT2D eigenvalue weighted by molar-refractivity contribution is 6.04. The molecular weight excluding hydrogens is 539 g/mol. The molecule has 0 bridgehead atoms. The van der Waals surface area contributed by atoms with Crippen molar-refractivity contribution >= 4 is 17.7 Å². The van der Waals surface area contributed by atoms with Gasteiger partial charge in [0.15, 0.2) is 5.78 Å². The number of methoxy groups -OCH3 is 1. The van der Waals surface area contributed by atoms with Crippen LogP contribution >= 0.6 is 0 Å². The fourth-order valence-corrected chi connectivity index (χ4v) is 5.81. The van der Waals surface area contributed by atoms with Crippen LogP contribution < -0.4 is 10.1 Å². The predicted molar refractivity (Wildman–Crippen MR) is 153 cm³/mol. The van der Waals surface area contributed by atoms with Crippen LogP contribution in [0.5, 0.6) is 11.5 Å². The van der Waals surface area contributed by atoms with Crippen LogP contribution in [0.3, 0.4) is 0 Å². The van der Waals surface area contributed by atoms with Gasteiger partial charge in [0, 0.05) is 53.4 Å². The van der Waals surface area contributed by atoms with Crippen molar-refractivity contribution in [1.82, 2.24) is 10.4 Å². The van der Waals surface area contributed by atoms with E-state index in [0.717, 1.165) is 12.6 Å². The Morgan fingerprint density at radius 1 is 1.05 bits per heavy atom. The Labute approximate surface area is 243 Å². The van der Waals surface area contributed by atoms with E-state index in [0.29, 0.717) is 40.3 Å². The summed E-state index contributed by atoms with van der Waals surface area (Å²) in [5, 5.41) is 13.6. The van der Waals surface area contributed by atoms with Gasteiger partial charge in [-0.05, 0) is 48.7 Å². The summed E-state index contributed by atoms with van der Waals surface area (Å²) in [5.74, 6) is -1.91. The molecule has 42 heavy (non-hydrogen) atoms. The van der Waals surface area contributed by atoms with Crippen LogP contribution in [-0.4, -0.2) is 42.0 Å². The summed E-state index contributed by atoms with van der Waals surface area (Å²) < 4.78 is 24.9. The summed E-state index contributed by atoms with van der Waals surface area (Å²) in [6, 6.07) is 20.4. The van der Waals surface area contributed by atoms with Crippen molar-refractivity contribution in [3.8, 4) is 11.5 Å². The smallest absolute Gasteiger partial charge is 0.337 e. The highest BCUT2D eigenvalue weighted by Gasteiger charge is 2.42. The standard InChI is InChI=1S/C33H31FN2O6/c1-19-29(33(40)42-18-21-9-4-5-13-25(21)32(39)36(2)34)30(20-10-8-11-23(37)15-20)31-26(35-19)16-22(17-27(31)38)24-12-6-7-14-28(24)41-3/h4-15,22,30,35,37H,16-18H2,1-3H3/t22-,30-/m1/s1. The second kappa shape index (κ2) is 11.9. The van der Waals surface area contributed by atoms with Crippen LogP contribution in [0, 0.1) is 0 Å². The number of dihydropyridines is 1. The van der Waals surface area contributed by atoms with E-state index in [1.807, 2.05) is 24.3 Å². The van der Waals surface area contributed by atoms with Crippen LogP contribution in [0.4, 0.5) is 4.48 Å². The molecule has 5 rings (SSSR count). The molecule has 216 valence electrons. The molecule has 0 spiro atoms. The maximum absolute atomic E-state index is 13.9. The van der Waals surface area contributed by atoms with E-state index in [-0.39, 0.29) is 46.7 Å². The molecular formula is C33H31FN2O6. The van der Waals surface area contributed by atoms with Crippen LogP contribution in [0.2, 0.25) is 0 Å². The number of hydrogen-bond acceptors (Lipinski definition) is 7. The first kappa shape index (κ1) is 28.6. The van der Waals surface area contributed by atoms with Crippen molar-refractivity contribution < 1.29 is 33.4 Å². The Morgan fingerprint density at radius 2 is 1.79 bits per heavy atom. The van der Waals surface area contributed by atoms with E-state index in [2.05, 4.69) is 5.32 Å². The van der Waals surface area contributed by atoms with Gasteiger partial charge < -0.3 is 19.9 Å². The number of nitrogens with one attached hydrogen (secondary N) is 1. The van der Waals surface area contributed by atoms with E-state index in [1.54, 1.807) is 44.4 Å². The molecule has 2 atom stereocenters. The Kier molecular flexibility index (Phi) is 8.10. The zero-order chi connectivity index (χ0) is 30.0. The quantitative estimate of drug-likeness (QED) is 0.287. The predicted octanol–water partition coefficient (Wildman–Crippen LogP) is 5.46. The molecule has 1 amide bonds. The average molecular weight is 571 g/mol. The SMILES string of the molecule is COc1ccccc1[C@H]1CC(=O)C2=C(C1)NC(C)=C(C(=O)OCc1ccccc1C(=O)N(C)F)[C@H]2c1cccc(O)c1. The number of hydrogen-bond donors (Lipinski definition) is 2. The van der Waals surface area contributed by atoms with E-state index >= 15 is 0 Å². The maximum Gasteiger partial charge on any atom is 0.337 e. The summed E-state index contributed by atoms with van der Waals surface area (Å²) in [7, 11) is 2.59. The molecule has 0 radical (unpaired) electrons. The van der Waals surface area contributed by atoms with Crippen molar-refractivity contribution in [2.24, 2.45) is 0 Å². The van der Waals surface area contributed by atoms with E-state index in [1.165, 1.54) is 18.2 Å². The molecule has 0 saturated carbocycles. The summed E-state index contributed by atoms with van der Waals surface area (Å²) >= 11 is 0. The number of phenols is 1. The Bertz CT molecular complexity index is 1630. The van der Waals surface area contributed by atoms with Crippen LogP contribution in [-0.2, 0) is 20.9 Å². The minimum atomic E-state index is -0.860. The summed E-state index contributed by atoms with van der Waals surface area (Å²) in [6.07, 6.45) is 0.729. The number of phenolic OH excluding ortho intramolecular Hbond substituents is 1. The minimum Gasteiger partial charge on any atom is -0.508 e. The van der Waals surface area contributed by atoms with Crippen LogP contribution in [0.25, 0.3) is 0 Å². The molecule has 1 aliphatic carbocycles. The third-order valence-electron chi connectivity index (χ3n) is 7.72. The molecule has 0 unspecified atom stereocenters. The highest BCUT2D eigenvalue weighted by atomic mass is 19.2. The number of ketones is 1. The Morgan fingerprint density at radius 3 is 2.52 bits per heavy atom. The van der Waals surface area contributed by atoms with Gasteiger partial charge in [0.05, 0.1) is 12.7 Å².